The molecule has 2 aromatic rings. The van der Waals surface area contributed by atoms with Gasteiger partial charge in [-0.2, -0.15) is 0 Å². The highest BCUT2D eigenvalue weighted by Gasteiger charge is 2.03. The van der Waals surface area contributed by atoms with Crippen LogP contribution in [0.1, 0.15) is 27.6 Å². The summed E-state index contributed by atoms with van der Waals surface area (Å²) in [6.07, 6.45) is 0. The van der Waals surface area contributed by atoms with Crippen molar-refractivity contribution in [2.45, 2.75) is 6.92 Å². The molecule has 6 nitrogen and oxygen atoms in total. The van der Waals surface area contributed by atoms with E-state index in [1.165, 1.54) is 12.1 Å². The van der Waals surface area contributed by atoms with Gasteiger partial charge < -0.3 is 21.3 Å². The van der Waals surface area contributed by atoms with E-state index in [0.717, 1.165) is 0 Å². The molecule has 0 saturated heterocycles. The summed E-state index contributed by atoms with van der Waals surface area (Å²) in [5.74, 6) is -1.24. The van der Waals surface area contributed by atoms with Gasteiger partial charge in [-0.25, -0.2) is 9.59 Å². The predicted octanol–water partition coefficient (Wildman–Crippen LogP) is 2.41. The third-order valence-corrected chi connectivity index (χ3v) is 2.58. The fourth-order valence-corrected chi connectivity index (χ4v) is 1.46. The molecule has 6 heteroatoms. The van der Waals surface area contributed by atoms with Crippen LogP contribution < -0.4 is 11.5 Å². The standard InChI is InChI=1S/C9H11NO2.C7H7NO2/c1-2-12-9(11)7-3-5-8(10)6-4-7;8-6-3-1-5(2-4-6)7(9)10/h3-6H,2,10H2,1H3;1-4H,8H2,(H,9,10). The lowest BCUT2D eigenvalue weighted by atomic mass is 10.2. The SMILES string of the molecule is CCOC(=O)c1ccc(N)cc1.Nc1ccc(C(=O)O)cc1. The summed E-state index contributed by atoms with van der Waals surface area (Å²) in [6.45, 7) is 2.17. The molecule has 0 amide bonds. The Labute approximate surface area is 128 Å². The Hall–Kier alpha value is -3.02. The van der Waals surface area contributed by atoms with Crippen molar-refractivity contribution in [2.75, 3.05) is 18.1 Å². The number of aromatic carboxylic acids is 1. The lowest BCUT2D eigenvalue weighted by Gasteiger charge is -2.00. The number of anilines is 2. The van der Waals surface area contributed by atoms with E-state index in [1.54, 1.807) is 43.3 Å². The zero-order valence-electron chi connectivity index (χ0n) is 12.2. The molecule has 0 fully saturated rings. The van der Waals surface area contributed by atoms with Crippen LogP contribution >= 0.6 is 0 Å². The normalized spacial score (nSPS) is 9.32. The summed E-state index contributed by atoms with van der Waals surface area (Å²) in [5.41, 5.74) is 12.8. The largest absolute Gasteiger partial charge is 0.478 e. The first-order valence-corrected chi connectivity index (χ1v) is 6.55. The number of ether oxygens (including phenoxy) is 1. The number of rotatable bonds is 3. The Morgan fingerprint density at radius 1 is 0.909 bits per heavy atom. The molecule has 0 aliphatic rings. The van der Waals surface area contributed by atoms with Crippen LogP contribution in [-0.4, -0.2) is 23.7 Å². The Kier molecular flexibility index (Phi) is 6.43. The van der Waals surface area contributed by atoms with Crippen LogP contribution in [0.4, 0.5) is 11.4 Å². The van der Waals surface area contributed by atoms with Crippen LogP contribution in [0, 0.1) is 0 Å². The van der Waals surface area contributed by atoms with E-state index in [4.69, 9.17) is 21.3 Å². The molecule has 0 spiro atoms. The molecule has 0 atom stereocenters. The third kappa shape index (κ3) is 5.54. The maximum Gasteiger partial charge on any atom is 0.338 e. The second-order valence-electron chi connectivity index (χ2n) is 4.27. The van der Waals surface area contributed by atoms with Gasteiger partial charge in [0.25, 0.3) is 0 Å². The van der Waals surface area contributed by atoms with Gasteiger partial charge in [-0.05, 0) is 55.5 Å². The summed E-state index contributed by atoms with van der Waals surface area (Å²) in [5, 5.41) is 8.43. The molecule has 0 aliphatic carbocycles. The van der Waals surface area contributed by atoms with E-state index >= 15 is 0 Å². The first kappa shape index (κ1) is 17.0. The van der Waals surface area contributed by atoms with E-state index < -0.39 is 5.97 Å². The number of esters is 1. The second-order valence-corrected chi connectivity index (χ2v) is 4.27. The Morgan fingerprint density at radius 3 is 1.68 bits per heavy atom. The number of hydrogen-bond donors (Lipinski definition) is 3. The first-order chi connectivity index (χ1) is 10.4. The molecule has 116 valence electrons. The van der Waals surface area contributed by atoms with Crippen molar-refractivity contribution in [1.29, 1.82) is 0 Å². The number of nitrogen functional groups attached to an aromatic ring is 2. The van der Waals surface area contributed by atoms with Crippen molar-refractivity contribution in [1.82, 2.24) is 0 Å². The molecule has 0 unspecified atom stereocenters. The van der Waals surface area contributed by atoms with Gasteiger partial charge in [-0.3, -0.25) is 0 Å². The van der Waals surface area contributed by atoms with Gasteiger partial charge in [0.2, 0.25) is 0 Å². The third-order valence-electron chi connectivity index (χ3n) is 2.58. The summed E-state index contributed by atoms with van der Waals surface area (Å²) in [6, 6.07) is 12.7. The highest BCUT2D eigenvalue weighted by atomic mass is 16.5. The van der Waals surface area contributed by atoms with Gasteiger partial charge in [-0.1, -0.05) is 0 Å². The van der Waals surface area contributed by atoms with Gasteiger partial charge in [-0.15, -0.1) is 0 Å². The Balaban J connectivity index is 0.000000224. The molecule has 2 rings (SSSR count). The maximum absolute atomic E-state index is 11.1. The van der Waals surface area contributed by atoms with Crippen molar-refractivity contribution < 1.29 is 19.4 Å². The second kappa shape index (κ2) is 8.31. The molecule has 0 bridgehead atoms. The van der Waals surface area contributed by atoms with Crippen LogP contribution in [0.15, 0.2) is 48.5 Å². The molecular formula is C16H18N2O4. The predicted molar refractivity (Wildman–Crippen MR) is 84.6 cm³/mol. The maximum atomic E-state index is 11.1. The van der Waals surface area contributed by atoms with E-state index in [0.29, 0.717) is 23.5 Å². The zero-order valence-corrected chi connectivity index (χ0v) is 12.2. The van der Waals surface area contributed by atoms with Crippen LogP contribution in [0.5, 0.6) is 0 Å². The van der Waals surface area contributed by atoms with E-state index in [9.17, 15) is 9.59 Å². The number of nitrogens with two attached hydrogens (primary N) is 2. The first-order valence-electron chi connectivity index (χ1n) is 6.55. The van der Waals surface area contributed by atoms with Crippen LogP contribution in [0.25, 0.3) is 0 Å². The molecule has 0 aliphatic heterocycles. The smallest absolute Gasteiger partial charge is 0.338 e. The van der Waals surface area contributed by atoms with Crippen LogP contribution in [0.3, 0.4) is 0 Å². The van der Waals surface area contributed by atoms with E-state index in [1.807, 2.05) is 0 Å². The molecule has 5 N–H and O–H groups in total. The van der Waals surface area contributed by atoms with Crippen LogP contribution in [0.2, 0.25) is 0 Å². The molecular weight excluding hydrogens is 284 g/mol. The monoisotopic (exact) mass is 302 g/mol. The average Bonchev–Trinajstić information content (AvgIpc) is 2.49. The number of benzene rings is 2. The Morgan fingerprint density at radius 2 is 1.32 bits per heavy atom. The van der Waals surface area contributed by atoms with Gasteiger partial charge in [0.05, 0.1) is 17.7 Å². The van der Waals surface area contributed by atoms with Crippen LogP contribution in [-0.2, 0) is 4.74 Å². The van der Waals surface area contributed by atoms with Gasteiger partial charge in [0.15, 0.2) is 0 Å². The summed E-state index contributed by atoms with van der Waals surface area (Å²) in [7, 11) is 0. The average molecular weight is 302 g/mol. The highest BCUT2D eigenvalue weighted by molar-refractivity contribution is 5.89. The topological polar surface area (TPSA) is 116 Å². The van der Waals surface area contributed by atoms with Crippen molar-refractivity contribution in [3.63, 3.8) is 0 Å². The van der Waals surface area contributed by atoms with E-state index in [-0.39, 0.29) is 11.5 Å². The molecule has 22 heavy (non-hydrogen) atoms. The highest BCUT2D eigenvalue weighted by Crippen LogP contribution is 2.06. The van der Waals surface area contributed by atoms with Crippen molar-refractivity contribution in [3.8, 4) is 0 Å². The minimum Gasteiger partial charge on any atom is -0.478 e. The lowest BCUT2D eigenvalue weighted by Crippen LogP contribution is -2.04. The van der Waals surface area contributed by atoms with Gasteiger partial charge in [0, 0.05) is 11.4 Å². The summed E-state index contributed by atoms with van der Waals surface area (Å²) >= 11 is 0. The fraction of sp³-hybridized carbons (Fsp3) is 0.125. The fourth-order valence-electron chi connectivity index (χ4n) is 1.46. The minimum atomic E-state index is -0.931. The molecule has 0 heterocycles. The number of carboxylic acids is 1. The molecule has 2 aromatic carbocycles. The number of carboxylic acid groups (broad SMARTS) is 1. The molecule has 0 aromatic heterocycles. The lowest BCUT2D eigenvalue weighted by molar-refractivity contribution is 0.0526. The van der Waals surface area contributed by atoms with Crippen molar-refractivity contribution in [3.05, 3.63) is 59.7 Å². The molecule has 0 saturated carbocycles. The minimum absolute atomic E-state index is 0.259. The van der Waals surface area contributed by atoms with Gasteiger partial charge in [0.1, 0.15) is 0 Å². The molecule has 0 radical (unpaired) electrons. The number of carbonyl (C=O) groups is 2. The summed E-state index contributed by atoms with van der Waals surface area (Å²) in [4.78, 5) is 21.4. The van der Waals surface area contributed by atoms with Crippen molar-refractivity contribution >= 4 is 23.3 Å². The van der Waals surface area contributed by atoms with E-state index in [2.05, 4.69) is 0 Å². The number of carbonyl (C=O) groups excluding carboxylic acids is 1. The Bertz CT molecular complexity index is 622. The van der Waals surface area contributed by atoms with Gasteiger partial charge >= 0.3 is 11.9 Å². The number of hydrogen-bond acceptors (Lipinski definition) is 5. The van der Waals surface area contributed by atoms with Crippen molar-refractivity contribution in [2.24, 2.45) is 0 Å². The summed E-state index contributed by atoms with van der Waals surface area (Å²) < 4.78 is 4.79. The zero-order chi connectivity index (χ0) is 16.5. The quantitative estimate of drug-likeness (QED) is 0.592.